The van der Waals surface area contributed by atoms with Gasteiger partial charge in [0.1, 0.15) is 11.5 Å². The summed E-state index contributed by atoms with van der Waals surface area (Å²) in [4.78, 5) is 22.0. The van der Waals surface area contributed by atoms with Gasteiger partial charge in [0.25, 0.3) is 5.78 Å². The Morgan fingerprint density at radius 2 is 1.89 bits per heavy atom. The fraction of sp³-hybridized carbons (Fsp3) is 0.188. The zero-order chi connectivity index (χ0) is 19.5. The van der Waals surface area contributed by atoms with E-state index in [0.29, 0.717) is 6.07 Å². The van der Waals surface area contributed by atoms with Gasteiger partial charge in [-0.1, -0.05) is 23.7 Å². The number of hydrogen-bond acceptors (Lipinski definition) is 5. The van der Waals surface area contributed by atoms with Crippen LogP contribution >= 0.6 is 11.6 Å². The van der Waals surface area contributed by atoms with E-state index in [2.05, 4.69) is 4.74 Å². The van der Waals surface area contributed by atoms with Gasteiger partial charge in [0.2, 0.25) is 0 Å². The summed E-state index contributed by atoms with van der Waals surface area (Å²) in [5.41, 5.74) is -0.998. The van der Waals surface area contributed by atoms with E-state index in [1.54, 1.807) is 0 Å². The standard InChI is InChI=1S/C16H11ClF3NO5.Ca.2H/c1-25-15(21(23)24)14(22)9-3-2-4-11(7-9)26-13-6-5-10(8-12(13)17)16(18,19)20;;;/h2-8,15H,1H3;;;. The Kier molecular flexibility index (Phi) is 8.49. The molecule has 1 unspecified atom stereocenters. The van der Waals surface area contributed by atoms with Crippen LogP contribution in [0.3, 0.4) is 0 Å². The monoisotopic (exact) mass is 431 g/mol. The summed E-state index contributed by atoms with van der Waals surface area (Å²) < 4.78 is 47.8. The molecule has 2 aromatic carbocycles. The topological polar surface area (TPSA) is 78.7 Å². The Balaban J connectivity index is 0.00000364. The molecule has 142 valence electrons. The molecule has 0 radical (unpaired) electrons. The van der Waals surface area contributed by atoms with E-state index < -0.39 is 28.7 Å². The van der Waals surface area contributed by atoms with Crippen molar-refractivity contribution in [3.8, 4) is 11.5 Å². The predicted molar refractivity (Wildman–Crippen MR) is 93.6 cm³/mol. The first-order valence-corrected chi connectivity index (χ1v) is 7.36. The van der Waals surface area contributed by atoms with Gasteiger partial charge in [-0.05, 0) is 30.3 Å². The number of nitrogens with zero attached hydrogens (tertiary/aromatic N) is 1. The van der Waals surface area contributed by atoms with Gasteiger partial charge in [-0.15, -0.1) is 0 Å². The third-order valence-corrected chi connectivity index (χ3v) is 3.54. The molecule has 0 bridgehead atoms. The van der Waals surface area contributed by atoms with Crippen LogP contribution in [0.2, 0.25) is 5.02 Å². The van der Waals surface area contributed by atoms with Crippen LogP contribution in [0.1, 0.15) is 15.9 Å². The molecule has 0 amide bonds. The molecule has 2 aromatic rings. The van der Waals surface area contributed by atoms with Crippen molar-refractivity contribution in [2.75, 3.05) is 7.11 Å². The van der Waals surface area contributed by atoms with Crippen LogP contribution in [0.4, 0.5) is 13.2 Å². The molecule has 0 spiro atoms. The van der Waals surface area contributed by atoms with Gasteiger partial charge < -0.3 is 9.47 Å². The van der Waals surface area contributed by atoms with E-state index in [1.807, 2.05) is 0 Å². The van der Waals surface area contributed by atoms with E-state index in [1.165, 1.54) is 24.3 Å². The molecule has 11 heteroatoms. The van der Waals surface area contributed by atoms with Crippen LogP contribution in [0, 0.1) is 10.1 Å². The first-order valence-electron chi connectivity index (χ1n) is 6.98. The summed E-state index contributed by atoms with van der Waals surface area (Å²) in [6.07, 6.45) is -6.42. The van der Waals surface area contributed by atoms with E-state index in [-0.39, 0.29) is 59.8 Å². The van der Waals surface area contributed by atoms with Crippen molar-refractivity contribution in [3.63, 3.8) is 0 Å². The number of Topliss-reactive ketones (excluding diaryl/α,β-unsaturated/α-hetero) is 1. The van der Waals surface area contributed by atoms with E-state index in [4.69, 9.17) is 16.3 Å². The average molecular weight is 432 g/mol. The molecule has 0 aliphatic rings. The van der Waals surface area contributed by atoms with E-state index in [0.717, 1.165) is 19.2 Å². The van der Waals surface area contributed by atoms with Crippen LogP contribution in [-0.4, -0.2) is 61.8 Å². The molecular formula is C16H13CaClF3NO5. The molecule has 0 saturated carbocycles. The minimum atomic E-state index is -4.55. The normalized spacial score (nSPS) is 12.0. The van der Waals surface area contributed by atoms with Crippen molar-refractivity contribution >= 4 is 55.1 Å². The SMILES string of the molecule is COC(C(=O)c1cccc(Oc2ccc(C(F)(F)F)cc2Cl)c1)[N+](=O)[O-].[CaH2]. The van der Waals surface area contributed by atoms with Crippen molar-refractivity contribution in [2.24, 2.45) is 0 Å². The number of methoxy groups -OCH3 is 1. The zero-order valence-electron chi connectivity index (χ0n) is 13.1. The summed E-state index contributed by atoms with van der Waals surface area (Å²) in [7, 11) is 1.02. The number of hydrogen-bond donors (Lipinski definition) is 0. The maximum absolute atomic E-state index is 12.6. The maximum atomic E-state index is 12.6. The van der Waals surface area contributed by atoms with Gasteiger partial charge in [0.05, 0.1) is 15.5 Å². The number of carbonyl (C=O) groups is 1. The number of benzene rings is 2. The molecule has 6 nitrogen and oxygen atoms in total. The summed E-state index contributed by atoms with van der Waals surface area (Å²) in [5.74, 6) is -0.904. The summed E-state index contributed by atoms with van der Waals surface area (Å²) >= 11 is 5.80. The second kappa shape index (κ2) is 9.70. The third kappa shape index (κ3) is 6.05. The van der Waals surface area contributed by atoms with Gasteiger partial charge in [0.15, 0.2) is 0 Å². The molecule has 0 heterocycles. The van der Waals surface area contributed by atoms with Crippen molar-refractivity contribution in [1.82, 2.24) is 0 Å². The number of nitro groups is 1. The van der Waals surface area contributed by atoms with Gasteiger partial charge >= 0.3 is 50.1 Å². The number of ether oxygens (including phenoxy) is 2. The second-order valence-corrected chi connectivity index (χ2v) is 5.42. The van der Waals surface area contributed by atoms with E-state index in [9.17, 15) is 28.1 Å². The fourth-order valence-corrected chi connectivity index (χ4v) is 2.25. The molecule has 27 heavy (non-hydrogen) atoms. The Hall–Kier alpha value is -1.39. The van der Waals surface area contributed by atoms with Crippen molar-refractivity contribution in [1.29, 1.82) is 0 Å². The Morgan fingerprint density at radius 3 is 2.41 bits per heavy atom. The van der Waals surface area contributed by atoms with Crippen molar-refractivity contribution in [2.45, 2.75) is 12.4 Å². The molecule has 1 atom stereocenters. The molecule has 2 rings (SSSR count). The summed E-state index contributed by atoms with van der Waals surface area (Å²) in [6.45, 7) is 0. The van der Waals surface area contributed by atoms with Gasteiger partial charge in [-0.3, -0.25) is 14.9 Å². The van der Waals surface area contributed by atoms with Crippen LogP contribution < -0.4 is 4.74 Å². The van der Waals surface area contributed by atoms with E-state index >= 15 is 0 Å². The number of alkyl halides is 3. The molecular weight excluding hydrogens is 419 g/mol. The Labute approximate surface area is 186 Å². The van der Waals surface area contributed by atoms with Crippen LogP contribution in [0.25, 0.3) is 0 Å². The second-order valence-electron chi connectivity index (χ2n) is 5.01. The number of carbonyl (C=O) groups excluding carboxylic acids is 1. The van der Waals surface area contributed by atoms with Crippen molar-refractivity contribution < 1.29 is 32.4 Å². The Bertz CT molecular complexity index is 847. The quantitative estimate of drug-likeness (QED) is 0.229. The fourth-order valence-electron chi connectivity index (χ4n) is 2.03. The molecule has 0 aliphatic carbocycles. The Morgan fingerprint density at radius 1 is 1.22 bits per heavy atom. The molecule has 0 fully saturated rings. The van der Waals surface area contributed by atoms with Crippen LogP contribution in [0.15, 0.2) is 42.5 Å². The zero-order valence-corrected chi connectivity index (χ0v) is 13.9. The van der Waals surface area contributed by atoms with Crippen molar-refractivity contribution in [3.05, 3.63) is 68.7 Å². The molecule has 0 saturated heterocycles. The summed E-state index contributed by atoms with van der Waals surface area (Å²) in [6, 6.07) is 7.87. The third-order valence-electron chi connectivity index (χ3n) is 3.24. The average Bonchev–Trinajstić information content (AvgIpc) is 2.56. The first kappa shape index (κ1) is 23.6. The van der Waals surface area contributed by atoms with Gasteiger partial charge in [-0.2, -0.15) is 13.2 Å². The van der Waals surface area contributed by atoms with Crippen LogP contribution in [-0.2, 0) is 10.9 Å². The summed E-state index contributed by atoms with van der Waals surface area (Å²) in [5, 5.41) is 10.5. The number of rotatable bonds is 6. The number of halogens is 4. The first-order chi connectivity index (χ1) is 12.1. The molecule has 0 N–H and O–H groups in total. The van der Waals surface area contributed by atoms with Gasteiger partial charge in [-0.25, -0.2) is 0 Å². The minimum absolute atomic E-state index is 0. The molecule has 0 aromatic heterocycles. The number of ketones is 1. The predicted octanol–water partition coefficient (Wildman–Crippen LogP) is 3.67. The van der Waals surface area contributed by atoms with Crippen LogP contribution in [0.5, 0.6) is 11.5 Å². The van der Waals surface area contributed by atoms with Gasteiger partial charge in [0, 0.05) is 12.7 Å². The molecule has 0 aliphatic heterocycles.